The molecule has 21 heavy (non-hydrogen) atoms. The van der Waals surface area contributed by atoms with Gasteiger partial charge in [-0.1, -0.05) is 0 Å². The molecule has 1 aromatic rings. The maximum absolute atomic E-state index is 6.19. The molecule has 3 aliphatic heterocycles. The molecule has 0 aliphatic carbocycles. The molecule has 1 spiro atoms. The molecule has 114 valence electrons. The Balaban J connectivity index is 1.46. The van der Waals surface area contributed by atoms with E-state index in [2.05, 4.69) is 0 Å². The number of nitrogens with two attached hydrogens (primary N) is 1. The summed E-state index contributed by atoms with van der Waals surface area (Å²) >= 11 is 1.99. The molecule has 0 bridgehead atoms. The first-order valence-electron chi connectivity index (χ1n) is 7.65. The Morgan fingerprint density at radius 3 is 3.19 bits per heavy atom. The van der Waals surface area contributed by atoms with E-state index in [0.29, 0.717) is 6.61 Å². The second-order valence-corrected chi connectivity index (χ2v) is 7.29. The summed E-state index contributed by atoms with van der Waals surface area (Å²) < 4.78 is 17.8. The van der Waals surface area contributed by atoms with Gasteiger partial charge in [0, 0.05) is 30.2 Å². The average molecular weight is 307 g/mol. The SMILES string of the molecule is NC1COc2cc(OC3CCOC4(CCSC4)C3)ccc21. The smallest absolute Gasteiger partial charge is 0.127 e. The van der Waals surface area contributed by atoms with Crippen molar-refractivity contribution in [1.82, 2.24) is 0 Å². The summed E-state index contributed by atoms with van der Waals surface area (Å²) in [5.74, 6) is 4.07. The minimum Gasteiger partial charge on any atom is -0.491 e. The Labute approximate surface area is 129 Å². The second kappa shape index (κ2) is 5.38. The summed E-state index contributed by atoms with van der Waals surface area (Å²) in [6.45, 7) is 1.37. The van der Waals surface area contributed by atoms with Gasteiger partial charge in [-0.2, -0.15) is 11.8 Å². The van der Waals surface area contributed by atoms with E-state index in [1.807, 2.05) is 30.0 Å². The van der Waals surface area contributed by atoms with E-state index < -0.39 is 0 Å². The van der Waals surface area contributed by atoms with E-state index in [9.17, 15) is 0 Å². The van der Waals surface area contributed by atoms with Crippen molar-refractivity contribution < 1.29 is 14.2 Å². The molecule has 0 radical (unpaired) electrons. The zero-order valence-electron chi connectivity index (χ0n) is 12.0. The van der Waals surface area contributed by atoms with Crippen molar-refractivity contribution in [3.63, 3.8) is 0 Å². The molecule has 5 heteroatoms. The van der Waals surface area contributed by atoms with Gasteiger partial charge in [0.25, 0.3) is 0 Å². The van der Waals surface area contributed by atoms with Gasteiger partial charge in [0.2, 0.25) is 0 Å². The number of thioether (sulfide) groups is 1. The molecule has 1 aromatic carbocycles. The lowest BCUT2D eigenvalue weighted by molar-refractivity contribution is -0.0959. The number of rotatable bonds is 2. The lowest BCUT2D eigenvalue weighted by atomic mass is 9.91. The Hall–Kier alpha value is -0.910. The highest BCUT2D eigenvalue weighted by molar-refractivity contribution is 7.99. The van der Waals surface area contributed by atoms with Crippen LogP contribution < -0.4 is 15.2 Å². The van der Waals surface area contributed by atoms with Crippen LogP contribution in [0.5, 0.6) is 11.5 Å². The molecule has 2 saturated heterocycles. The monoisotopic (exact) mass is 307 g/mol. The summed E-state index contributed by atoms with van der Waals surface area (Å²) in [5.41, 5.74) is 7.11. The highest BCUT2D eigenvalue weighted by atomic mass is 32.2. The molecule has 3 aliphatic rings. The molecule has 0 aromatic heterocycles. The lowest BCUT2D eigenvalue weighted by Crippen LogP contribution is -2.43. The van der Waals surface area contributed by atoms with Crippen LogP contribution in [0.3, 0.4) is 0 Å². The van der Waals surface area contributed by atoms with Crippen molar-refractivity contribution in [2.75, 3.05) is 24.7 Å². The van der Waals surface area contributed by atoms with Crippen molar-refractivity contribution in [3.05, 3.63) is 23.8 Å². The van der Waals surface area contributed by atoms with Crippen LogP contribution in [0.15, 0.2) is 18.2 Å². The van der Waals surface area contributed by atoms with Gasteiger partial charge in [-0.25, -0.2) is 0 Å². The van der Waals surface area contributed by atoms with Crippen LogP contribution in [0.2, 0.25) is 0 Å². The normalized spacial score (nSPS) is 34.7. The number of hydrogen-bond acceptors (Lipinski definition) is 5. The first-order chi connectivity index (χ1) is 10.2. The van der Waals surface area contributed by atoms with Gasteiger partial charge < -0.3 is 19.9 Å². The van der Waals surface area contributed by atoms with Crippen LogP contribution in [0.4, 0.5) is 0 Å². The lowest BCUT2D eigenvalue weighted by Gasteiger charge is -2.37. The number of hydrogen-bond donors (Lipinski definition) is 1. The largest absolute Gasteiger partial charge is 0.491 e. The van der Waals surface area contributed by atoms with Gasteiger partial charge in [0.05, 0.1) is 18.2 Å². The summed E-state index contributed by atoms with van der Waals surface area (Å²) in [6.07, 6.45) is 3.35. The third-order valence-electron chi connectivity index (χ3n) is 4.62. The molecule has 0 saturated carbocycles. The standard InChI is InChI=1S/C16H21NO3S/c17-14-9-18-15-7-11(1-2-13(14)15)20-12-3-5-19-16(8-12)4-6-21-10-16/h1-2,7,12,14H,3-6,8-10,17H2. The van der Waals surface area contributed by atoms with Gasteiger partial charge >= 0.3 is 0 Å². The Kier molecular flexibility index (Phi) is 3.52. The second-order valence-electron chi connectivity index (χ2n) is 6.18. The molecule has 0 amide bonds. The van der Waals surface area contributed by atoms with E-state index in [4.69, 9.17) is 19.9 Å². The first kappa shape index (κ1) is 13.7. The van der Waals surface area contributed by atoms with Crippen molar-refractivity contribution >= 4 is 11.8 Å². The average Bonchev–Trinajstić information content (AvgIpc) is 3.07. The van der Waals surface area contributed by atoms with Crippen molar-refractivity contribution in [1.29, 1.82) is 0 Å². The maximum atomic E-state index is 6.19. The highest BCUT2D eigenvalue weighted by Gasteiger charge is 2.41. The summed E-state index contributed by atoms with van der Waals surface area (Å²) in [7, 11) is 0. The fourth-order valence-corrected chi connectivity index (χ4v) is 4.81. The molecule has 3 unspecified atom stereocenters. The van der Waals surface area contributed by atoms with E-state index in [1.165, 1.54) is 5.75 Å². The van der Waals surface area contributed by atoms with Crippen molar-refractivity contribution in [2.24, 2.45) is 5.73 Å². The van der Waals surface area contributed by atoms with Crippen LogP contribution >= 0.6 is 11.8 Å². The third kappa shape index (κ3) is 2.62. The molecule has 3 heterocycles. The van der Waals surface area contributed by atoms with E-state index in [1.54, 1.807) is 0 Å². The van der Waals surface area contributed by atoms with Gasteiger partial charge in [-0.3, -0.25) is 0 Å². The zero-order chi connectivity index (χ0) is 14.3. The molecule has 2 N–H and O–H groups in total. The van der Waals surface area contributed by atoms with Gasteiger partial charge in [-0.15, -0.1) is 0 Å². The zero-order valence-corrected chi connectivity index (χ0v) is 12.9. The van der Waals surface area contributed by atoms with E-state index in [0.717, 1.165) is 48.7 Å². The Morgan fingerprint density at radius 2 is 2.33 bits per heavy atom. The molecule has 4 nitrogen and oxygen atoms in total. The summed E-state index contributed by atoms with van der Waals surface area (Å²) in [4.78, 5) is 0. The van der Waals surface area contributed by atoms with Gasteiger partial charge in [0.1, 0.15) is 24.2 Å². The number of benzene rings is 1. The quantitative estimate of drug-likeness (QED) is 0.910. The Morgan fingerprint density at radius 1 is 1.38 bits per heavy atom. The van der Waals surface area contributed by atoms with Gasteiger partial charge in [0.15, 0.2) is 0 Å². The van der Waals surface area contributed by atoms with Crippen LogP contribution in [0.25, 0.3) is 0 Å². The number of ether oxygens (including phenoxy) is 3. The predicted molar refractivity (Wildman–Crippen MR) is 83.1 cm³/mol. The maximum Gasteiger partial charge on any atom is 0.127 e. The highest BCUT2D eigenvalue weighted by Crippen LogP contribution is 2.40. The third-order valence-corrected chi connectivity index (χ3v) is 5.84. The van der Waals surface area contributed by atoms with Crippen LogP contribution in [-0.2, 0) is 4.74 Å². The molecule has 3 atom stereocenters. The summed E-state index contributed by atoms with van der Waals surface area (Å²) in [6, 6.07) is 6.02. The predicted octanol–water partition coefficient (Wildman–Crippen LogP) is 2.51. The van der Waals surface area contributed by atoms with Crippen molar-refractivity contribution in [3.8, 4) is 11.5 Å². The molecule has 4 rings (SSSR count). The topological polar surface area (TPSA) is 53.7 Å². The fourth-order valence-electron chi connectivity index (χ4n) is 3.43. The molecular weight excluding hydrogens is 286 g/mol. The first-order valence-corrected chi connectivity index (χ1v) is 8.80. The number of fused-ring (bicyclic) bond motifs is 1. The van der Waals surface area contributed by atoms with Crippen LogP contribution in [-0.4, -0.2) is 36.4 Å². The van der Waals surface area contributed by atoms with Gasteiger partial charge in [-0.05, 0) is 24.3 Å². The molecule has 2 fully saturated rings. The minimum absolute atomic E-state index is 0.00378. The van der Waals surface area contributed by atoms with Crippen LogP contribution in [0, 0.1) is 0 Å². The van der Waals surface area contributed by atoms with E-state index in [-0.39, 0.29) is 17.7 Å². The van der Waals surface area contributed by atoms with Crippen molar-refractivity contribution in [2.45, 2.75) is 37.0 Å². The molecular formula is C16H21NO3S. The van der Waals surface area contributed by atoms with Crippen LogP contribution in [0.1, 0.15) is 30.9 Å². The van der Waals surface area contributed by atoms with E-state index >= 15 is 0 Å². The Bertz CT molecular complexity index is 530. The minimum atomic E-state index is -0.00378. The summed E-state index contributed by atoms with van der Waals surface area (Å²) in [5, 5.41) is 0. The fraction of sp³-hybridized carbons (Fsp3) is 0.625.